The molecular formula is C21H27F3N4O3. The second-order valence-corrected chi connectivity index (χ2v) is 7.63. The molecule has 0 saturated heterocycles. The van der Waals surface area contributed by atoms with E-state index in [9.17, 15) is 18.0 Å². The number of aliphatic carboxylic acids is 1. The number of fused-ring (bicyclic) bond motifs is 1. The molecule has 0 atom stereocenters. The van der Waals surface area contributed by atoms with Gasteiger partial charge in [-0.3, -0.25) is 9.69 Å². The first kappa shape index (κ1) is 24.4. The zero-order chi connectivity index (χ0) is 23.2. The van der Waals surface area contributed by atoms with Crippen LogP contribution in [-0.2, 0) is 35.6 Å². The summed E-state index contributed by atoms with van der Waals surface area (Å²) < 4.78 is 33.9. The summed E-state index contributed by atoms with van der Waals surface area (Å²) in [5, 5.41) is 7.12. The Bertz CT molecular complexity index is 882. The zero-order valence-corrected chi connectivity index (χ0v) is 17.8. The molecule has 2 heterocycles. The van der Waals surface area contributed by atoms with Crippen LogP contribution in [0.25, 0.3) is 0 Å². The highest BCUT2D eigenvalue weighted by atomic mass is 19.4. The molecule has 0 bridgehead atoms. The van der Waals surface area contributed by atoms with Gasteiger partial charge in [0.15, 0.2) is 0 Å². The highest BCUT2D eigenvalue weighted by Crippen LogP contribution is 2.16. The number of carboxylic acid groups (broad SMARTS) is 1. The first-order valence-electron chi connectivity index (χ1n) is 9.84. The van der Waals surface area contributed by atoms with E-state index in [0.29, 0.717) is 19.0 Å². The average molecular weight is 440 g/mol. The predicted molar refractivity (Wildman–Crippen MR) is 108 cm³/mol. The molecule has 7 nitrogen and oxygen atoms in total. The molecule has 1 amide bonds. The summed E-state index contributed by atoms with van der Waals surface area (Å²) in [6, 6.07) is 10.4. The van der Waals surface area contributed by atoms with E-state index in [1.165, 1.54) is 0 Å². The van der Waals surface area contributed by atoms with Gasteiger partial charge in [0.25, 0.3) is 0 Å². The van der Waals surface area contributed by atoms with Gasteiger partial charge in [-0.1, -0.05) is 30.3 Å². The lowest BCUT2D eigenvalue weighted by Crippen LogP contribution is -2.39. The Kier molecular flexibility index (Phi) is 8.21. The van der Waals surface area contributed by atoms with E-state index in [0.717, 1.165) is 36.7 Å². The summed E-state index contributed by atoms with van der Waals surface area (Å²) in [5.41, 5.74) is 2.15. The highest BCUT2D eigenvalue weighted by molar-refractivity contribution is 5.78. The summed E-state index contributed by atoms with van der Waals surface area (Å²) in [6.07, 6.45) is -2.49. The molecule has 2 aromatic rings. The maximum atomic E-state index is 12.5. The van der Waals surface area contributed by atoms with Crippen molar-refractivity contribution in [3.05, 3.63) is 53.6 Å². The van der Waals surface area contributed by atoms with Crippen LogP contribution in [0.2, 0.25) is 0 Å². The maximum absolute atomic E-state index is 12.5. The Morgan fingerprint density at radius 1 is 1.19 bits per heavy atom. The van der Waals surface area contributed by atoms with Crippen LogP contribution in [0.1, 0.15) is 30.9 Å². The highest BCUT2D eigenvalue weighted by Gasteiger charge is 2.38. The van der Waals surface area contributed by atoms with E-state index >= 15 is 0 Å². The molecule has 0 unspecified atom stereocenters. The summed E-state index contributed by atoms with van der Waals surface area (Å²) in [4.78, 5) is 30.4. The van der Waals surface area contributed by atoms with Crippen LogP contribution in [0.15, 0.2) is 36.5 Å². The normalized spacial score (nSPS) is 13.6. The number of hydrogen-bond acceptors (Lipinski definition) is 4. The number of halogens is 3. The molecule has 1 aliphatic heterocycles. The van der Waals surface area contributed by atoms with Crippen molar-refractivity contribution in [3.8, 4) is 0 Å². The van der Waals surface area contributed by atoms with E-state index in [-0.39, 0.29) is 5.91 Å². The van der Waals surface area contributed by atoms with E-state index in [2.05, 4.69) is 36.6 Å². The minimum atomic E-state index is -5.08. The maximum Gasteiger partial charge on any atom is 0.490 e. The van der Waals surface area contributed by atoms with Crippen molar-refractivity contribution in [3.63, 3.8) is 0 Å². The SMILES string of the molecule is CC(C)N(C)Cc1cn2c(n1)CN(C(=O)Cc1ccccc1)CC2.O=C(O)C(F)(F)F. The first-order chi connectivity index (χ1) is 14.5. The van der Waals surface area contributed by atoms with E-state index in [1.54, 1.807) is 0 Å². The van der Waals surface area contributed by atoms with E-state index in [4.69, 9.17) is 14.9 Å². The van der Waals surface area contributed by atoms with Gasteiger partial charge in [-0.15, -0.1) is 0 Å². The molecule has 10 heteroatoms. The van der Waals surface area contributed by atoms with Gasteiger partial charge < -0.3 is 14.6 Å². The van der Waals surface area contributed by atoms with Crippen LogP contribution in [0.5, 0.6) is 0 Å². The standard InChI is InChI=1S/C19H26N4O.C2HF3O2/c1-15(2)21(3)12-17-13-22-9-10-23(14-18(22)20-17)19(24)11-16-7-5-4-6-8-16;3-2(4,5)1(6)7/h4-8,13,15H,9-12,14H2,1-3H3;(H,6,7). The number of carbonyl (C=O) groups excluding carboxylic acids is 1. The molecule has 0 aliphatic carbocycles. The Hall–Kier alpha value is -2.88. The number of aromatic nitrogens is 2. The number of alkyl halides is 3. The second-order valence-electron chi connectivity index (χ2n) is 7.63. The van der Waals surface area contributed by atoms with Crippen molar-refractivity contribution in [1.29, 1.82) is 0 Å². The third-order valence-electron chi connectivity index (χ3n) is 4.94. The van der Waals surface area contributed by atoms with Crippen LogP contribution >= 0.6 is 0 Å². The average Bonchev–Trinajstić information content (AvgIpc) is 3.09. The fourth-order valence-electron chi connectivity index (χ4n) is 2.92. The van der Waals surface area contributed by atoms with Crippen molar-refractivity contribution >= 4 is 11.9 Å². The van der Waals surface area contributed by atoms with Crippen LogP contribution < -0.4 is 0 Å². The number of amides is 1. The lowest BCUT2D eigenvalue weighted by Gasteiger charge is -2.27. The lowest BCUT2D eigenvalue weighted by atomic mass is 10.1. The molecule has 1 aromatic carbocycles. The number of benzene rings is 1. The third kappa shape index (κ3) is 7.39. The van der Waals surface area contributed by atoms with Crippen molar-refractivity contribution in [1.82, 2.24) is 19.4 Å². The molecule has 3 rings (SSSR count). The Morgan fingerprint density at radius 2 is 1.81 bits per heavy atom. The summed E-state index contributed by atoms with van der Waals surface area (Å²) in [6.45, 7) is 7.40. The number of nitrogens with zero attached hydrogens (tertiary/aromatic N) is 4. The smallest absolute Gasteiger partial charge is 0.475 e. The number of imidazole rings is 1. The van der Waals surface area contributed by atoms with Gasteiger partial charge in [0.05, 0.1) is 18.7 Å². The van der Waals surface area contributed by atoms with E-state index < -0.39 is 12.1 Å². The second kappa shape index (κ2) is 10.4. The quantitative estimate of drug-likeness (QED) is 0.774. The van der Waals surface area contributed by atoms with Crippen LogP contribution in [-0.4, -0.2) is 62.1 Å². The fraction of sp³-hybridized carbons (Fsp3) is 0.476. The van der Waals surface area contributed by atoms with E-state index in [1.807, 2.05) is 35.2 Å². The van der Waals surface area contributed by atoms with Crippen molar-refractivity contribution in [2.24, 2.45) is 0 Å². The Balaban J connectivity index is 0.000000423. The van der Waals surface area contributed by atoms with Gasteiger partial charge in [-0.05, 0) is 26.5 Å². The molecule has 1 aromatic heterocycles. The minimum absolute atomic E-state index is 0.177. The van der Waals surface area contributed by atoms with Gasteiger partial charge in [-0.25, -0.2) is 9.78 Å². The zero-order valence-electron chi connectivity index (χ0n) is 17.8. The molecule has 1 aliphatic rings. The van der Waals surface area contributed by atoms with Crippen molar-refractivity contribution in [2.45, 2.75) is 52.1 Å². The molecule has 0 radical (unpaired) electrons. The van der Waals surface area contributed by atoms with Gasteiger partial charge >= 0.3 is 12.1 Å². The summed E-state index contributed by atoms with van der Waals surface area (Å²) in [5.74, 6) is -1.58. The summed E-state index contributed by atoms with van der Waals surface area (Å²) >= 11 is 0. The van der Waals surface area contributed by atoms with Crippen molar-refractivity contribution in [2.75, 3.05) is 13.6 Å². The Morgan fingerprint density at radius 3 is 2.35 bits per heavy atom. The molecule has 0 spiro atoms. The minimum Gasteiger partial charge on any atom is -0.475 e. The monoisotopic (exact) mass is 440 g/mol. The Labute approximate surface area is 179 Å². The van der Waals surface area contributed by atoms with Gasteiger partial charge in [-0.2, -0.15) is 13.2 Å². The number of rotatable bonds is 5. The topological polar surface area (TPSA) is 78.7 Å². The lowest BCUT2D eigenvalue weighted by molar-refractivity contribution is -0.192. The van der Waals surface area contributed by atoms with Gasteiger partial charge in [0, 0.05) is 31.9 Å². The predicted octanol–water partition coefficient (Wildman–Crippen LogP) is 2.94. The molecule has 0 saturated carbocycles. The molecule has 1 N–H and O–H groups in total. The summed E-state index contributed by atoms with van der Waals surface area (Å²) in [7, 11) is 2.11. The van der Waals surface area contributed by atoms with Crippen LogP contribution in [0.4, 0.5) is 13.2 Å². The van der Waals surface area contributed by atoms with Gasteiger partial charge in [0.2, 0.25) is 5.91 Å². The van der Waals surface area contributed by atoms with Crippen LogP contribution in [0, 0.1) is 0 Å². The number of carboxylic acids is 1. The fourth-order valence-corrected chi connectivity index (χ4v) is 2.92. The van der Waals surface area contributed by atoms with Gasteiger partial charge in [0.1, 0.15) is 5.82 Å². The molecular weight excluding hydrogens is 413 g/mol. The van der Waals surface area contributed by atoms with Crippen LogP contribution in [0.3, 0.4) is 0 Å². The first-order valence-corrected chi connectivity index (χ1v) is 9.84. The molecule has 0 fully saturated rings. The number of carbonyl (C=O) groups is 2. The van der Waals surface area contributed by atoms with Crippen molar-refractivity contribution < 1.29 is 27.9 Å². The molecule has 170 valence electrons. The number of hydrogen-bond donors (Lipinski definition) is 1. The third-order valence-corrected chi connectivity index (χ3v) is 4.94. The largest absolute Gasteiger partial charge is 0.490 e. The molecule has 31 heavy (non-hydrogen) atoms.